The predicted octanol–water partition coefficient (Wildman–Crippen LogP) is 2.00. The summed E-state index contributed by atoms with van der Waals surface area (Å²) in [6, 6.07) is 11.3. The van der Waals surface area contributed by atoms with Crippen molar-refractivity contribution < 1.29 is 24.2 Å². The molecule has 0 aromatic heterocycles. The minimum atomic E-state index is -1.17. The maximum atomic E-state index is 11.1. The zero-order valence-electron chi connectivity index (χ0n) is 18.7. The van der Waals surface area contributed by atoms with Gasteiger partial charge in [-0.15, -0.1) is 0 Å². The van der Waals surface area contributed by atoms with Crippen LogP contribution in [0, 0.1) is 0 Å². The third kappa shape index (κ3) is 5.50. The summed E-state index contributed by atoms with van der Waals surface area (Å²) in [5, 5.41) is 11.1. The molecule has 2 aromatic carbocycles. The molecule has 0 N–H and O–H groups in total. The molecule has 0 saturated heterocycles. The van der Waals surface area contributed by atoms with E-state index in [9.17, 15) is 14.7 Å². The van der Waals surface area contributed by atoms with Crippen LogP contribution in [-0.2, 0) is 20.4 Å². The molecule has 0 amide bonds. The number of rotatable bonds is 7. The van der Waals surface area contributed by atoms with E-state index in [0.29, 0.717) is 0 Å². The van der Waals surface area contributed by atoms with Crippen LogP contribution in [0.4, 0.5) is 0 Å². The van der Waals surface area contributed by atoms with Gasteiger partial charge in [0.05, 0.1) is 0 Å². The van der Waals surface area contributed by atoms with Crippen molar-refractivity contribution in [1.29, 1.82) is 0 Å². The Bertz CT molecular complexity index is 976. The van der Waals surface area contributed by atoms with Gasteiger partial charge in [-0.1, -0.05) is 0 Å². The summed E-state index contributed by atoms with van der Waals surface area (Å²) in [5.74, 6) is -0.693. The van der Waals surface area contributed by atoms with Crippen molar-refractivity contribution in [3.8, 4) is 5.75 Å². The summed E-state index contributed by atoms with van der Waals surface area (Å²) < 4.78 is 13.3. The molecule has 0 saturated carbocycles. The average Bonchev–Trinajstić information content (AvgIpc) is 2.69. The van der Waals surface area contributed by atoms with Crippen LogP contribution in [0.2, 0.25) is 0 Å². The number of carboxylic acids is 1. The van der Waals surface area contributed by atoms with E-state index in [1.54, 1.807) is 12.1 Å². The first-order valence-corrected chi connectivity index (χ1v) is 12.2. The molecule has 0 spiro atoms. The first-order chi connectivity index (χ1) is 14.5. The van der Waals surface area contributed by atoms with E-state index in [1.807, 2.05) is 12.1 Å². The van der Waals surface area contributed by atoms with E-state index in [1.165, 1.54) is 18.1 Å². The van der Waals surface area contributed by atoms with Crippen molar-refractivity contribution in [2.24, 2.45) is 0 Å². The van der Waals surface area contributed by atoms with Crippen molar-refractivity contribution in [2.75, 3.05) is 13.2 Å². The molecule has 1 aliphatic rings. The van der Waals surface area contributed by atoms with Crippen molar-refractivity contribution >= 4 is 35.8 Å². The Kier molecular flexibility index (Phi) is 6.82. The van der Waals surface area contributed by atoms with Crippen LogP contribution in [0.25, 0.3) is 0 Å². The Morgan fingerprint density at radius 3 is 2.10 bits per heavy atom. The molecule has 0 atom stereocenters. The van der Waals surface area contributed by atoms with Crippen LogP contribution in [-0.4, -0.2) is 40.1 Å². The third-order valence-corrected chi connectivity index (χ3v) is 8.08. The Labute approximate surface area is 190 Å². The number of ether oxygens (including phenoxy) is 2. The van der Waals surface area contributed by atoms with Gasteiger partial charge in [-0.25, -0.2) is 0 Å². The first kappa shape index (κ1) is 23.4. The van der Waals surface area contributed by atoms with E-state index in [0.717, 1.165) is 27.5 Å². The molecular formula is C25H29O5Se-. The molecule has 166 valence electrons. The van der Waals surface area contributed by atoms with Gasteiger partial charge in [-0.2, -0.15) is 0 Å². The van der Waals surface area contributed by atoms with Crippen LogP contribution in [0.5, 0.6) is 5.75 Å². The number of hydrogen-bond acceptors (Lipinski definition) is 5. The van der Waals surface area contributed by atoms with Crippen LogP contribution in [0.1, 0.15) is 68.9 Å². The second-order valence-electron chi connectivity index (χ2n) is 9.21. The van der Waals surface area contributed by atoms with Crippen molar-refractivity contribution in [3.63, 3.8) is 0 Å². The Balaban J connectivity index is 1.98. The average molecular weight is 488 g/mol. The molecule has 31 heavy (non-hydrogen) atoms. The maximum absolute atomic E-state index is 11.1. The topological polar surface area (TPSA) is 75.7 Å². The molecule has 0 aliphatic heterocycles. The number of carbonyl (C=O) groups is 2. The van der Waals surface area contributed by atoms with Gasteiger partial charge >= 0.3 is 190 Å². The molecule has 2 aromatic rings. The standard InChI is InChI=1S/C25H30O5Se/c1-16(26)29-12-13-30-21-14-19-20(25(4,5)11-10-24(19,2)3)15-22(21)31-18-8-6-17(7-9-18)23(27)28/h6-9,14-15H,10-13H2,1-5H3,(H,27,28)/p-1. The normalized spacial score (nSPS) is 16.3. The summed E-state index contributed by atoms with van der Waals surface area (Å²) in [6.45, 7) is 11.0. The number of hydrogen-bond donors (Lipinski definition) is 0. The third-order valence-electron chi connectivity index (χ3n) is 5.88. The van der Waals surface area contributed by atoms with Gasteiger partial charge in [-0.05, 0) is 0 Å². The molecule has 0 bridgehead atoms. The van der Waals surface area contributed by atoms with Crippen LogP contribution >= 0.6 is 0 Å². The second-order valence-corrected chi connectivity index (χ2v) is 11.6. The summed E-state index contributed by atoms with van der Waals surface area (Å²) in [7, 11) is 0. The van der Waals surface area contributed by atoms with E-state index in [2.05, 4.69) is 39.8 Å². The van der Waals surface area contributed by atoms with Gasteiger partial charge in [0.1, 0.15) is 0 Å². The monoisotopic (exact) mass is 489 g/mol. The number of aromatic carboxylic acids is 1. The first-order valence-electron chi connectivity index (χ1n) is 10.4. The predicted molar refractivity (Wildman–Crippen MR) is 120 cm³/mol. The fourth-order valence-corrected chi connectivity index (χ4v) is 5.82. The Hall–Kier alpha value is -2.30. The van der Waals surface area contributed by atoms with Gasteiger partial charge in [0, 0.05) is 0 Å². The number of benzene rings is 2. The summed E-state index contributed by atoms with van der Waals surface area (Å²) in [5.41, 5.74) is 2.95. The van der Waals surface area contributed by atoms with E-state index in [-0.39, 0.29) is 50.5 Å². The Morgan fingerprint density at radius 2 is 1.55 bits per heavy atom. The van der Waals surface area contributed by atoms with E-state index < -0.39 is 5.97 Å². The summed E-state index contributed by atoms with van der Waals surface area (Å²) in [6.07, 6.45) is 2.22. The van der Waals surface area contributed by atoms with Crippen LogP contribution in [0.15, 0.2) is 36.4 Å². The molecule has 1 aliphatic carbocycles. The SMILES string of the molecule is CC(=O)OCCOc1cc2c(cc1[Se]c1ccc(C(=O)[O-])cc1)C(C)(C)CCC2(C)C. The number of fused-ring (bicyclic) bond motifs is 1. The number of carboxylic acid groups (broad SMARTS) is 1. The molecule has 3 rings (SSSR count). The number of carbonyl (C=O) groups excluding carboxylic acids is 2. The fourth-order valence-electron chi connectivity index (χ4n) is 3.89. The van der Waals surface area contributed by atoms with Crippen LogP contribution < -0.4 is 18.8 Å². The second kappa shape index (κ2) is 9.05. The van der Waals surface area contributed by atoms with Gasteiger partial charge in [0.15, 0.2) is 0 Å². The quantitative estimate of drug-likeness (QED) is 0.339. The van der Waals surface area contributed by atoms with Crippen molar-refractivity contribution in [1.82, 2.24) is 0 Å². The van der Waals surface area contributed by atoms with Gasteiger partial charge < -0.3 is 0 Å². The zero-order valence-corrected chi connectivity index (χ0v) is 20.5. The van der Waals surface area contributed by atoms with E-state index in [4.69, 9.17) is 9.47 Å². The molecule has 0 heterocycles. The van der Waals surface area contributed by atoms with E-state index >= 15 is 0 Å². The molecule has 6 heteroatoms. The van der Waals surface area contributed by atoms with Crippen LogP contribution in [0.3, 0.4) is 0 Å². The summed E-state index contributed by atoms with van der Waals surface area (Å²) in [4.78, 5) is 22.1. The van der Waals surface area contributed by atoms with Gasteiger partial charge in [-0.3, -0.25) is 0 Å². The summed E-state index contributed by atoms with van der Waals surface area (Å²) >= 11 is -0.0755. The fraction of sp³-hybridized carbons (Fsp3) is 0.440. The molecule has 5 nitrogen and oxygen atoms in total. The Morgan fingerprint density at radius 1 is 0.968 bits per heavy atom. The van der Waals surface area contributed by atoms with Crippen molar-refractivity contribution in [3.05, 3.63) is 53.1 Å². The molecule has 0 radical (unpaired) electrons. The molecule has 0 unspecified atom stereocenters. The minimum absolute atomic E-state index is 0.0561. The zero-order chi connectivity index (χ0) is 22.8. The van der Waals surface area contributed by atoms with Crippen molar-refractivity contribution in [2.45, 2.75) is 58.3 Å². The molecular weight excluding hydrogens is 459 g/mol. The van der Waals surface area contributed by atoms with Gasteiger partial charge in [0.2, 0.25) is 0 Å². The molecule has 0 fully saturated rings. The number of esters is 1. The van der Waals surface area contributed by atoms with Gasteiger partial charge in [0.25, 0.3) is 0 Å².